The first-order chi connectivity index (χ1) is 12.9. The van der Waals surface area contributed by atoms with Crippen LogP contribution in [0.2, 0.25) is 0 Å². The smallest absolute Gasteiger partial charge is 0.247 e. The molecule has 27 heavy (non-hydrogen) atoms. The third-order valence-electron chi connectivity index (χ3n) is 4.61. The zero-order valence-corrected chi connectivity index (χ0v) is 15.9. The monoisotopic (exact) mass is 363 g/mol. The minimum absolute atomic E-state index is 0.226. The Morgan fingerprint density at radius 2 is 1.85 bits per heavy atom. The maximum absolute atomic E-state index is 12.9. The Labute approximate surface area is 159 Å². The summed E-state index contributed by atoms with van der Waals surface area (Å²) in [6.07, 6.45) is 2.31. The van der Waals surface area contributed by atoms with E-state index >= 15 is 0 Å². The van der Waals surface area contributed by atoms with Crippen molar-refractivity contribution in [1.82, 2.24) is 10.3 Å². The fraction of sp³-hybridized carbons (Fsp3) is 0.273. The first-order valence-corrected chi connectivity index (χ1v) is 9.17. The van der Waals surface area contributed by atoms with Gasteiger partial charge in [-0.1, -0.05) is 44.2 Å². The van der Waals surface area contributed by atoms with Gasteiger partial charge in [0, 0.05) is 36.1 Å². The molecule has 0 unspecified atom stereocenters. The van der Waals surface area contributed by atoms with E-state index < -0.39 is 6.04 Å². The summed E-state index contributed by atoms with van der Waals surface area (Å²) in [4.78, 5) is 27.7. The maximum Gasteiger partial charge on any atom is 0.247 e. The molecule has 2 amide bonds. The van der Waals surface area contributed by atoms with Crippen LogP contribution in [0.3, 0.4) is 0 Å². The number of H-pyrrole nitrogens is 1. The second-order valence-corrected chi connectivity index (χ2v) is 7.09. The minimum atomic E-state index is -0.649. The number of benzene rings is 2. The average Bonchev–Trinajstić information content (AvgIpc) is 3.04. The van der Waals surface area contributed by atoms with Gasteiger partial charge in [-0.15, -0.1) is 0 Å². The van der Waals surface area contributed by atoms with Crippen molar-refractivity contribution in [3.05, 3.63) is 65.9 Å². The van der Waals surface area contributed by atoms with Crippen molar-refractivity contribution in [2.45, 2.75) is 39.2 Å². The lowest BCUT2D eigenvalue weighted by Gasteiger charge is -2.18. The van der Waals surface area contributed by atoms with Crippen molar-refractivity contribution in [1.29, 1.82) is 0 Å². The van der Waals surface area contributed by atoms with Gasteiger partial charge in [0.05, 0.1) is 0 Å². The SMILES string of the molecule is CC(=O)N[C@@H](Cc1c[nH]c2ccccc12)C(=O)Nc1cccc(C(C)C)c1. The van der Waals surface area contributed by atoms with Gasteiger partial charge in [-0.2, -0.15) is 0 Å². The lowest BCUT2D eigenvalue weighted by atomic mass is 10.0. The van der Waals surface area contributed by atoms with E-state index in [-0.39, 0.29) is 11.8 Å². The number of nitrogens with one attached hydrogen (secondary N) is 3. The molecule has 0 spiro atoms. The van der Waals surface area contributed by atoms with E-state index in [9.17, 15) is 9.59 Å². The van der Waals surface area contributed by atoms with Crippen LogP contribution in [0, 0.1) is 0 Å². The molecule has 0 aliphatic rings. The molecule has 1 heterocycles. The minimum Gasteiger partial charge on any atom is -0.361 e. The Balaban J connectivity index is 1.80. The van der Waals surface area contributed by atoms with Gasteiger partial charge in [0.25, 0.3) is 0 Å². The first kappa shape index (κ1) is 18.7. The highest BCUT2D eigenvalue weighted by atomic mass is 16.2. The second kappa shape index (κ2) is 8.08. The third kappa shape index (κ3) is 4.56. The number of aromatic nitrogens is 1. The number of fused-ring (bicyclic) bond motifs is 1. The predicted molar refractivity (Wildman–Crippen MR) is 109 cm³/mol. The topological polar surface area (TPSA) is 74.0 Å². The number of amides is 2. The molecule has 0 saturated carbocycles. The number of para-hydroxylation sites is 1. The lowest BCUT2D eigenvalue weighted by Crippen LogP contribution is -2.44. The second-order valence-electron chi connectivity index (χ2n) is 7.09. The average molecular weight is 363 g/mol. The van der Waals surface area contributed by atoms with E-state index in [1.54, 1.807) is 0 Å². The van der Waals surface area contributed by atoms with E-state index in [4.69, 9.17) is 0 Å². The number of carbonyl (C=O) groups is 2. The Morgan fingerprint density at radius 1 is 1.07 bits per heavy atom. The summed E-state index contributed by atoms with van der Waals surface area (Å²) < 4.78 is 0. The van der Waals surface area contributed by atoms with Crippen LogP contribution in [0.25, 0.3) is 10.9 Å². The van der Waals surface area contributed by atoms with E-state index in [2.05, 4.69) is 29.5 Å². The molecule has 3 rings (SSSR count). The maximum atomic E-state index is 12.9. The van der Waals surface area contributed by atoms with Crippen LogP contribution in [0.15, 0.2) is 54.7 Å². The molecule has 0 bridgehead atoms. The molecule has 1 aromatic heterocycles. The highest BCUT2D eigenvalue weighted by Gasteiger charge is 2.21. The molecule has 1 atom stereocenters. The molecular weight excluding hydrogens is 338 g/mol. The zero-order chi connectivity index (χ0) is 19.4. The molecule has 0 saturated heterocycles. The molecule has 5 heteroatoms. The van der Waals surface area contributed by atoms with Crippen LogP contribution < -0.4 is 10.6 Å². The van der Waals surface area contributed by atoms with E-state index in [0.29, 0.717) is 12.3 Å². The lowest BCUT2D eigenvalue weighted by molar-refractivity contribution is -0.125. The van der Waals surface area contributed by atoms with Crippen molar-refractivity contribution in [2.24, 2.45) is 0 Å². The fourth-order valence-electron chi connectivity index (χ4n) is 3.18. The predicted octanol–water partition coefficient (Wildman–Crippen LogP) is 3.98. The summed E-state index contributed by atoms with van der Waals surface area (Å²) in [6, 6.07) is 15.1. The van der Waals surface area contributed by atoms with E-state index in [0.717, 1.165) is 27.7 Å². The highest BCUT2D eigenvalue weighted by Crippen LogP contribution is 2.21. The van der Waals surface area contributed by atoms with Crippen LogP contribution >= 0.6 is 0 Å². The largest absolute Gasteiger partial charge is 0.361 e. The van der Waals surface area contributed by atoms with Crippen LogP contribution in [-0.2, 0) is 16.0 Å². The molecule has 2 aromatic carbocycles. The van der Waals surface area contributed by atoms with Gasteiger partial charge in [0.2, 0.25) is 11.8 Å². The van der Waals surface area contributed by atoms with Gasteiger partial charge in [-0.05, 0) is 35.2 Å². The fourth-order valence-corrected chi connectivity index (χ4v) is 3.18. The van der Waals surface area contributed by atoms with E-state index in [1.807, 2.05) is 54.7 Å². The van der Waals surface area contributed by atoms with Gasteiger partial charge >= 0.3 is 0 Å². The highest BCUT2D eigenvalue weighted by molar-refractivity contribution is 5.97. The summed E-state index contributed by atoms with van der Waals surface area (Å²) in [5, 5.41) is 6.77. The molecule has 0 aliphatic heterocycles. The van der Waals surface area contributed by atoms with Gasteiger partial charge in [-0.3, -0.25) is 9.59 Å². The summed E-state index contributed by atoms with van der Waals surface area (Å²) in [5.74, 6) is -0.0819. The molecular formula is C22H25N3O2. The zero-order valence-electron chi connectivity index (χ0n) is 15.9. The molecule has 0 aliphatic carbocycles. The number of anilines is 1. The van der Waals surface area contributed by atoms with Crippen molar-refractivity contribution in [3.8, 4) is 0 Å². The molecule has 5 nitrogen and oxygen atoms in total. The van der Waals surface area contributed by atoms with Crippen LogP contribution in [0.1, 0.15) is 37.8 Å². The first-order valence-electron chi connectivity index (χ1n) is 9.17. The quantitative estimate of drug-likeness (QED) is 0.620. The van der Waals surface area contributed by atoms with Crippen molar-refractivity contribution in [3.63, 3.8) is 0 Å². The van der Waals surface area contributed by atoms with Crippen LogP contribution in [-0.4, -0.2) is 22.8 Å². The van der Waals surface area contributed by atoms with Gasteiger partial charge in [0.15, 0.2) is 0 Å². The Bertz CT molecular complexity index is 959. The molecule has 0 fully saturated rings. The number of aromatic amines is 1. The van der Waals surface area contributed by atoms with Gasteiger partial charge < -0.3 is 15.6 Å². The van der Waals surface area contributed by atoms with Crippen molar-refractivity contribution < 1.29 is 9.59 Å². The number of hydrogen-bond acceptors (Lipinski definition) is 2. The molecule has 140 valence electrons. The van der Waals surface area contributed by atoms with Gasteiger partial charge in [0.1, 0.15) is 6.04 Å². The summed E-state index contributed by atoms with van der Waals surface area (Å²) in [5.41, 5.74) is 3.90. The van der Waals surface area contributed by atoms with Crippen molar-refractivity contribution >= 4 is 28.4 Å². The Morgan fingerprint density at radius 3 is 2.59 bits per heavy atom. The van der Waals surface area contributed by atoms with Crippen LogP contribution in [0.4, 0.5) is 5.69 Å². The third-order valence-corrected chi connectivity index (χ3v) is 4.61. The van der Waals surface area contributed by atoms with Crippen molar-refractivity contribution in [2.75, 3.05) is 5.32 Å². The number of rotatable bonds is 6. The summed E-state index contributed by atoms with van der Waals surface area (Å²) in [6.45, 7) is 5.64. The number of carbonyl (C=O) groups excluding carboxylic acids is 2. The normalized spacial score (nSPS) is 12.1. The Hall–Kier alpha value is -3.08. The summed E-state index contributed by atoms with van der Waals surface area (Å²) >= 11 is 0. The number of hydrogen-bond donors (Lipinski definition) is 3. The van der Waals surface area contributed by atoms with Gasteiger partial charge in [-0.25, -0.2) is 0 Å². The van der Waals surface area contributed by atoms with E-state index in [1.165, 1.54) is 6.92 Å². The Kier molecular flexibility index (Phi) is 5.60. The standard InChI is InChI=1S/C22H25N3O2/c1-14(2)16-7-6-8-18(11-16)25-22(27)21(24-15(3)26)12-17-13-23-20-10-5-4-9-19(17)20/h4-11,13-14,21,23H,12H2,1-3H3,(H,24,26)(H,25,27)/t21-/m0/s1. The molecule has 0 radical (unpaired) electrons. The van der Waals surface area contributed by atoms with Crippen LogP contribution in [0.5, 0.6) is 0 Å². The molecule has 3 aromatic rings. The molecule has 3 N–H and O–H groups in total. The summed E-state index contributed by atoms with van der Waals surface area (Å²) in [7, 11) is 0.